The summed E-state index contributed by atoms with van der Waals surface area (Å²) in [6.07, 6.45) is 1.93. The molecule has 0 saturated carbocycles. The number of piperidine rings is 1. The molecule has 1 N–H and O–H groups in total. The molecule has 1 aromatic carbocycles. The molecule has 0 spiro atoms. The van der Waals surface area contributed by atoms with E-state index < -0.39 is 11.9 Å². The van der Waals surface area contributed by atoms with Crippen LogP contribution in [0.15, 0.2) is 24.3 Å². The number of aliphatic carboxylic acids is 1. The summed E-state index contributed by atoms with van der Waals surface area (Å²) in [6.45, 7) is 8.27. The highest BCUT2D eigenvalue weighted by Gasteiger charge is 2.40. The molecule has 2 atom stereocenters. The molecule has 1 amide bonds. The van der Waals surface area contributed by atoms with Gasteiger partial charge in [-0.2, -0.15) is 0 Å². The average Bonchev–Trinajstić information content (AvgIpc) is 3.16. The number of ether oxygens (including phenoxy) is 2. The first-order chi connectivity index (χ1) is 13.3. The number of hydrogen-bond donors (Lipinski definition) is 1. The zero-order chi connectivity index (χ0) is 20.3. The van der Waals surface area contributed by atoms with E-state index in [0.717, 1.165) is 12.8 Å². The predicted molar refractivity (Wildman–Crippen MR) is 105 cm³/mol. The van der Waals surface area contributed by atoms with E-state index in [2.05, 4.69) is 20.8 Å². The number of nitrogens with zero attached hydrogens (tertiary/aromatic N) is 1. The molecule has 2 aliphatic rings. The fraction of sp³-hybridized carbons (Fsp3) is 0.636. The molecule has 0 radical (unpaired) electrons. The van der Waals surface area contributed by atoms with Crippen LogP contribution >= 0.6 is 0 Å². The van der Waals surface area contributed by atoms with Crippen LogP contribution in [0.5, 0.6) is 5.75 Å². The molecular weight excluding hydrogens is 358 g/mol. The second kappa shape index (κ2) is 8.52. The third-order valence-corrected chi connectivity index (χ3v) is 5.89. The van der Waals surface area contributed by atoms with Crippen molar-refractivity contribution in [2.45, 2.75) is 51.6 Å². The van der Waals surface area contributed by atoms with E-state index in [0.29, 0.717) is 31.9 Å². The summed E-state index contributed by atoms with van der Waals surface area (Å²) in [6, 6.07) is 7.88. The number of rotatable bonds is 5. The highest BCUT2D eigenvalue weighted by Crippen LogP contribution is 2.33. The average molecular weight is 389 g/mol. The topological polar surface area (TPSA) is 76.1 Å². The summed E-state index contributed by atoms with van der Waals surface area (Å²) in [5.74, 6) is -0.308. The highest BCUT2D eigenvalue weighted by atomic mass is 16.5. The van der Waals surface area contributed by atoms with Gasteiger partial charge in [0.05, 0.1) is 12.0 Å². The first-order valence-corrected chi connectivity index (χ1v) is 10.1. The molecule has 6 nitrogen and oxygen atoms in total. The van der Waals surface area contributed by atoms with Gasteiger partial charge in [-0.25, -0.2) is 0 Å². The number of amides is 1. The normalized spacial score (nSPS) is 23.6. The lowest BCUT2D eigenvalue weighted by Crippen LogP contribution is -2.44. The van der Waals surface area contributed by atoms with Gasteiger partial charge in [0.15, 0.2) is 6.61 Å². The van der Waals surface area contributed by atoms with E-state index in [1.54, 1.807) is 0 Å². The molecule has 3 rings (SSSR count). The summed E-state index contributed by atoms with van der Waals surface area (Å²) in [4.78, 5) is 25.6. The quantitative estimate of drug-likeness (QED) is 0.837. The van der Waals surface area contributed by atoms with Crippen LogP contribution < -0.4 is 4.74 Å². The standard InChI is InChI=1S/C22H31NO5/c1-22(2,3)16-4-6-17(7-5-16)28-14-19(24)23-11-8-15(9-12-23)20-18(21(25)26)10-13-27-20/h4-7,15,18,20H,8-14H2,1-3H3,(H,25,26)/t18?,20-/m0/s1. The predicted octanol–water partition coefficient (Wildman–Crippen LogP) is 3.09. The maximum Gasteiger partial charge on any atom is 0.309 e. The number of hydrogen-bond acceptors (Lipinski definition) is 4. The molecule has 0 aromatic heterocycles. The minimum atomic E-state index is -0.771. The van der Waals surface area contributed by atoms with Gasteiger partial charge in [-0.15, -0.1) is 0 Å². The van der Waals surface area contributed by atoms with Crippen molar-refractivity contribution >= 4 is 11.9 Å². The third-order valence-electron chi connectivity index (χ3n) is 5.89. The Hall–Kier alpha value is -2.08. The van der Waals surface area contributed by atoms with Crippen molar-refractivity contribution in [3.05, 3.63) is 29.8 Å². The molecule has 154 valence electrons. The van der Waals surface area contributed by atoms with Crippen molar-refractivity contribution in [2.24, 2.45) is 11.8 Å². The van der Waals surface area contributed by atoms with Crippen LogP contribution in [0.2, 0.25) is 0 Å². The molecule has 1 aromatic rings. The van der Waals surface area contributed by atoms with Crippen LogP contribution in [-0.4, -0.2) is 54.3 Å². The Morgan fingerprint density at radius 2 is 1.79 bits per heavy atom. The van der Waals surface area contributed by atoms with Gasteiger partial charge in [-0.05, 0) is 48.3 Å². The van der Waals surface area contributed by atoms with Crippen molar-refractivity contribution in [2.75, 3.05) is 26.3 Å². The summed E-state index contributed by atoms with van der Waals surface area (Å²) in [5.41, 5.74) is 1.31. The minimum absolute atomic E-state index is 0.0250. The Bertz CT molecular complexity index is 686. The van der Waals surface area contributed by atoms with Gasteiger partial charge in [0.25, 0.3) is 5.91 Å². The van der Waals surface area contributed by atoms with E-state index >= 15 is 0 Å². The monoisotopic (exact) mass is 389 g/mol. The van der Waals surface area contributed by atoms with Gasteiger partial charge in [0.1, 0.15) is 5.75 Å². The lowest BCUT2D eigenvalue weighted by atomic mass is 9.84. The van der Waals surface area contributed by atoms with Crippen LogP contribution in [0.25, 0.3) is 0 Å². The van der Waals surface area contributed by atoms with Crippen LogP contribution in [0.1, 0.15) is 45.6 Å². The number of carboxylic acid groups (broad SMARTS) is 1. The summed E-state index contributed by atoms with van der Waals surface area (Å²) in [7, 11) is 0. The fourth-order valence-electron chi connectivity index (χ4n) is 4.11. The Labute approximate surface area is 166 Å². The Morgan fingerprint density at radius 3 is 2.36 bits per heavy atom. The first-order valence-electron chi connectivity index (χ1n) is 10.1. The molecule has 2 fully saturated rings. The number of likely N-dealkylation sites (tertiary alicyclic amines) is 1. The molecular formula is C22H31NO5. The Morgan fingerprint density at radius 1 is 1.14 bits per heavy atom. The van der Waals surface area contributed by atoms with Gasteiger partial charge in [0.2, 0.25) is 0 Å². The van der Waals surface area contributed by atoms with Crippen LogP contribution in [0.3, 0.4) is 0 Å². The molecule has 6 heteroatoms. The lowest BCUT2D eigenvalue weighted by Gasteiger charge is -2.35. The maximum absolute atomic E-state index is 12.5. The minimum Gasteiger partial charge on any atom is -0.484 e. The van der Waals surface area contributed by atoms with Crippen LogP contribution in [0, 0.1) is 11.8 Å². The highest BCUT2D eigenvalue weighted by molar-refractivity contribution is 5.78. The van der Waals surface area contributed by atoms with Crippen LogP contribution in [-0.2, 0) is 19.7 Å². The number of benzene rings is 1. The van der Waals surface area contributed by atoms with Crippen molar-refractivity contribution < 1.29 is 24.2 Å². The molecule has 0 aliphatic carbocycles. The van der Waals surface area contributed by atoms with Gasteiger partial charge in [-0.3, -0.25) is 9.59 Å². The fourth-order valence-corrected chi connectivity index (χ4v) is 4.11. The zero-order valence-electron chi connectivity index (χ0n) is 17.0. The summed E-state index contributed by atoms with van der Waals surface area (Å²) >= 11 is 0. The molecule has 28 heavy (non-hydrogen) atoms. The second-order valence-corrected chi connectivity index (χ2v) is 8.85. The van der Waals surface area contributed by atoms with Crippen molar-refractivity contribution in [1.29, 1.82) is 0 Å². The van der Waals surface area contributed by atoms with Gasteiger partial charge < -0.3 is 19.5 Å². The Balaban J connectivity index is 1.46. The number of carboxylic acids is 1. The maximum atomic E-state index is 12.5. The Kier molecular flexibility index (Phi) is 6.28. The molecule has 2 heterocycles. The molecule has 2 saturated heterocycles. The van der Waals surface area contributed by atoms with E-state index in [1.807, 2.05) is 29.2 Å². The van der Waals surface area contributed by atoms with Crippen molar-refractivity contribution in [1.82, 2.24) is 4.90 Å². The van der Waals surface area contributed by atoms with E-state index in [1.165, 1.54) is 5.56 Å². The molecule has 1 unspecified atom stereocenters. The number of carbonyl (C=O) groups is 2. The van der Waals surface area contributed by atoms with E-state index in [9.17, 15) is 14.7 Å². The van der Waals surface area contributed by atoms with E-state index in [4.69, 9.17) is 9.47 Å². The largest absolute Gasteiger partial charge is 0.484 e. The van der Waals surface area contributed by atoms with Gasteiger partial charge >= 0.3 is 5.97 Å². The second-order valence-electron chi connectivity index (χ2n) is 8.85. The molecule has 0 bridgehead atoms. The number of carbonyl (C=O) groups excluding carboxylic acids is 1. The third kappa shape index (κ3) is 4.85. The van der Waals surface area contributed by atoms with Crippen molar-refractivity contribution in [3.8, 4) is 5.75 Å². The SMILES string of the molecule is CC(C)(C)c1ccc(OCC(=O)N2CCC([C@@H]3OCCC3C(=O)O)CC2)cc1. The lowest BCUT2D eigenvalue weighted by molar-refractivity contribution is -0.146. The molecule has 2 aliphatic heterocycles. The van der Waals surface area contributed by atoms with Crippen LogP contribution in [0.4, 0.5) is 0 Å². The van der Waals surface area contributed by atoms with Gasteiger partial charge in [0, 0.05) is 19.7 Å². The first kappa shape index (κ1) is 20.6. The van der Waals surface area contributed by atoms with E-state index in [-0.39, 0.29) is 30.0 Å². The summed E-state index contributed by atoms with van der Waals surface area (Å²) in [5, 5.41) is 9.33. The smallest absolute Gasteiger partial charge is 0.309 e. The van der Waals surface area contributed by atoms with Crippen molar-refractivity contribution in [3.63, 3.8) is 0 Å². The zero-order valence-corrected chi connectivity index (χ0v) is 17.0. The summed E-state index contributed by atoms with van der Waals surface area (Å²) < 4.78 is 11.4. The van der Waals surface area contributed by atoms with Gasteiger partial charge in [-0.1, -0.05) is 32.9 Å².